The lowest BCUT2D eigenvalue weighted by Gasteiger charge is -2.55. The van der Waals surface area contributed by atoms with Gasteiger partial charge in [0.15, 0.2) is 5.41 Å². The van der Waals surface area contributed by atoms with Crippen LogP contribution in [-0.2, 0) is 63.2 Å². The van der Waals surface area contributed by atoms with Gasteiger partial charge in [0.25, 0.3) is 0 Å². The maximum Gasteiger partial charge on any atom is 0.324 e. The van der Waals surface area contributed by atoms with Crippen molar-refractivity contribution in [2.45, 2.75) is 233 Å². The largest absolute Gasteiger partial charge is 0.507 e. The Morgan fingerprint density at radius 3 is 0.985 bits per heavy atom. The van der Waals surface area contributed by atoms with Crippen LogP contribution in [0.4, 0.5) is 0 Å². The predicted molar refractivity (Wildman–Crippen MR) is 269 cm³/mol. The molecule has 0 aliphatic carbocycles. The van der Waals surface area contributed by atoms with E-state index in [9.17, 15) is 19.8 Å². The van der Waals surface area contributed by atoms with Gasteiger partial charge in [-0.25, -0.2) is 9.59 Å². The number of esters is 2. The summed E-state index contributed by atoms with van der Waals surface area (Å²) in [5.41, 5.74) is -1.85. The number of benzene rings is 2. The quantitative estimate of drug-likeness (QED) is 0.120. The number of aromatic hydroxyl groups is 2. The molecule has 10 nitrogen and oxygen atoms in total. The van der Waals surface area contributed by atoms with Crippen LogP contribution < -0.4 is 0 Å². The molecule has 0 radical (unpaired) electrons. The fourth-order valence-electron chi connectivity index (χ4n) is 11.4. The van der Waals surface area contributed by atoms with Crippen LogP contribution in [0.1, 0.15) is 198 Å². The first-order valence-corrected chi connectivity index (χ1v) is 24.3. The Balaban J connectivity index is 2.09. The monoisotopic (exact) mass is 927 g/mol. The number of likely N-dealkylation sites (tertiary alicyclic amines) is 2. The number of piperidine rings is 2. The van der Waals surface area contributed by atoms with E-state index in [1.807, 2.05) is 119 Å². The molecule has 0 bridgehead atoms. The van der Waals surface area contributed by atoms with Gasteiger partial charge in [-0.1, -0.05) is 107 Å². The van der Waals surface area contributed by atoms with Crippen LogP contribution in [0.5, 0.6) is 11.5 Å². The van der Waals surface area contributed by atoms with Crippen molar-refractivity contribution in [2.75, 3.05) is 13.1 Å². The molecule has 0 saturated carbocycles. The van der Waals surface area contributed by atoms with E-state index in [4.69, 9.17) is 9.47 Å². The molecule has 372 valence electrons. The van der Waals surface area contributed by atoms with Crippen molar-refractivity contribution < 1.29 is 38.9 Å². The lowest BCUT2D eigenvalue weighted by molar-refractivity contribution is -0.188. The number of hydrogen-bond donors (Lipinski definition) is 2. The number of rotatable bonds is 12. The second-order valence-electron chi connectivity index (χ2n) is 26.5. The molecule has 2 saturated heterocycles. The molecular formula is C57H86N2O8. The molecule has 2 aliphatic heterocycles. The topological polar surface area (TPSA) is 134 Å². The van der Waals surface area contributed by atoms with E-state index in [1.165, 1.54) is 12.2 Å². The third-order valence-electron chi connectivity index (χ3n) is 14.5. The van der Waals surface area contributed by atoms with Gasteiger partial charge >= 0.3 is 11.9 Å². The molecule has 0 spiro atoms. The van der Waals surface area contributed by atoms with E-state index in [-0.39, 0.29) is 24.3 Å². The number of ether oxygens (including phenoxy) is 2. The highest BCUT2D eigenvalue weighted by Gasteiger charge is 2.55. The van der Waals surface area contributed by atoms with E-state index < -0.39 is 73.4 Å². The molecule has 0 aromatic heterocycles. The van der Waals surface area contributed by atoms with Gasteiger partial charge in [-0.05, 0) is 123 Å². The summed E-state index contributed by atoms with van der Waals surface area (Å²) in [5.74, 6) is 2.81. The molecule has 2 fully saturated rings. The third kappa shape index (κ3) is 12.3. The summed E-state index contributed by atoms with van der Waals surface area (Å²) < 4.78 is 13.6. The van der Waals surface area contributed by atoms with Gasteiger partial charge in [-0.3, -0.25) is 19.4 Å². The van der Waals surface area contributed by atoms with E-state index in [0.717, 1.165) is 0 Å². The number of carbonyl (C=O) groups excluding carboxylic acids is 4. The second-order valence-corrected chi connectivity index (χ2v) is 26.5. The third-order valence-corrected chi connectivity index (χ3v) is 14.5. The highest BCUT2D eigenvalue weighted by molar-refractivity contribution is 6.01. The Labute approximate surface area is 404 Å². The molecule has 2 heterocycles. The Hall–Kier alpha value is -4.20. The van der Waals surface area contributed by atoms with Crippen molar-refractivity contribution in [1.82, 2.24) is 9.80 Å². The summed E-state index contributed by atoms with van der Waals surface area (Å²) in [6.07, 6.45) is 3.34. The molecule has 2 aromatic carbocycles. The van der Waals surface area contributed by atoms with Crippen LogP contribution in [0.25, 0.3) is 0 Å². The smallest absolute Gasteiger partial charge is 0.324 e. The fourth-order valence-corrected chi connectivity index (χ4v) is 11.4. The zero-order valence-electron chi connectivity index (χ0n) is 45.0. The van der Waals surface area contributed by atoms with Crippen molar-refractivity contribution in [3.63, 3.8) is 0 Å². The van der Waals surface area contributed by atoms with Crippen molar-refractivity contribution >= 4 is 23.8 Å². The molecule has 2 aromatic rings. The number of phenols is 2. The molecule has 0 atom stereocenters. The summed E-state index contributed by atoms with van der Waals surface area (Å²) >= 11 is 0. The van der Waals surface area contributed by atoms with Crippen molar-refractivity contribution in [3.05, 3.63) is 69.8 Å². The zero-order chi connectivity index (χ0) is 51.3. The van der Waals surface area contributed by atoms with Gasteiger partial charge in [0, 0.05) is 73.1 Å². The molecular weight excluding hydrogens is 841 g/mol. The number of nitrogens with zero attached hydrogens (tertiary/aromatic N) is 2. The van der Waals surface area contributed by atoms with Crippen molar-refractivity contribution in [1.29, 1.82) is 0 Å². The average molecular weight is 927 g/mol. The standard InChI is InChI=1S/C57H86N2O8/c1-49(2,3)41-27-37(28-42(45(41)62)50(4,5)6)31-57(32-38-29-43(51(7,8)9)46(63)44(30-38)52(10,11)12,47(64)66-39-33-53(13,14)58(23-21-25-60)54(15,16)34-39)48(65)67-40-35-55(17,18)59(24-22-26-61)56(19,20)36-40/h21-22,27-30,39-40,62-63H,23-24,31-36H2,1-20H3. The lowest BCUT2D eigenvalue weighted by atomic mass is 9.71. The van der Waals surface area contributed by atoms with Gasteiger partial charge in [-0.15, -0.1) is 0 Å². The second kappa shape index (κ2) is 18.9. The SMILES string of the molecule is CC(C)(C)c1cc(CC(Cc2cc(C(C)(C)C)c(O)c(C(C)(C)C)c2)(C(=O)OC2CC(C)(C)N(CC=C=O)C(C)(C)C2)C(=O)OC2CC(C)(C)N(CC=C=O)C(C)(C)C2)cc(C(C)(C)C)c1O. The van der Waals surface area contributed by atoms with Gasteiger partial charge in [0.2, 0.25) is 0 Å². The van der Waals surface area contributed by atoms with Crippen LogP contribution in [-0.4, -0.2) is 91.3 Å². The van der Waals surface area contributed by atoms with Gasteiger partial charge in [-0.2, -0.15) is 0 Å². The number of hydrogen-bond acceptors (Lipinski definition) is 10. The predicted octanol–water partition coefficient (Wildman–Crippen LogP) is 11.0. The molecule has 67 heavy (non-hydrogen) atoms. The van der Waals surface area contributed by atoms with Crippen LogP contribution >= 0.6 is 0 Å². The maximum absolute atomic E-state index is 16.0. The van der Waals surface area contributed by atoms with Crippen molar-refractivity contribution in [3.8, 4) is 11.5 Å². The van der Waals surface area contributed by atoms with E-state index in [1.54, 1.807) is 0 Å². The van der Waals surface area contributed by atoms with E-state index in [0.29, 0.717) is 72.2 Å². The molecule has 10 heteroatoms. The highest BCUT2D eigenvalue weighted by atomic mass is 16.6. The van der Waals surface area contributed by atoms with Gasteiger partial charge < -0.3 is 19.7 Å². The van der Waals surface area contributed by atoms with E-state index >= 15 is 9.59 Å². The summed E-state index contributed by atoms with van der Waals surface area (Å²) in [7, 11) is 0. The lowest BCUT2D eigenvalue weighted by Crippen LogP contribution is -2.63. The Morgan fingerprint density at radius 2 is 0.776 bits per heavy atom. The highest BCUT2D eigenvalue weighted by Crippen LogP contribution is 2.47. The molecule has 2 aliphatic rings. The van der Waals surface area contributed by atoms with Crippen LogP contribution in [0, 0.1) is 5.41 Å². The number of phenolic OH excluding ortho intramolecular Hbond substituents is 2. The van der Waals surface area contributed by atoms with E-state index in [2.05, 4.69) is 65.2 Å². The first-order valence-electron chi connectivity index (χ1n) is 24.3. The minimum absolute atomic E-state index is 0.0980. The average Bonchev–Trinajstić information content (AvgIpc) is 3.12. The van der Waals surface area contributed by atoms with Crippen LogP contribution in [0.3, 0.4) is 0 Å². The zero-order valence-corrected chi connectivity index (χ0v) is 45.0. The summed E-state index contributed by atoms with van der Waals surface area (Å²) in [4.78, 5) is 59.4. The maximum atomic E-state index is 16.0. The summed E-state index contributed by atoms with van der Waals surface area (Å²) in [5, 5.41) is 23.8. The summed E-state index contributed by atoms with van der Waals surface area (Å²) in [6.45, 7) is 41.8. The number of carbonyl (C=O) groups is 2. The summed E-state index contributed by atoms with van der Waals surface area (Å²) in [6, 6.07) is 7.70. The minimum atomic E-state index is -1.96. The molecule has 0 unspecified atom stereocenters. The Kier molecular flexibility index (Phi) is 15.7. The fraction of sp³-hybridized carbons (Fsp3) is 0.684. The molecule has 0 amide bonds. The Bertz CT molecular complexity index is 1990. The normalized spacial score (nSPS) is 19.5. The van der Waals surface area contributed by atoms with Crippen molar-refractivity contribution in [2.24, 2.45) is 5.41 Å². The van der Waals surface area contributed by atoms with Crippen LogP contribution in [0.15, 0.2) is 36.4 Å². The van der Waals surface area contributed by atoms with Gasteiger partial charge in [0.1, 0.15) is 35.6 Å². The first-order chi connectivity index (χ1) is 30.2. The van der Waals surface area contributed by atoms with Crippen LogP contribution in [0.2, 0.25) is 0 Å². The minimum Gasteiger partial charge on any atom is -0.507 e. The molecule has 4 rings (SSSR count). The van der Waals surface area contributed by atoms with Gasteiger partial charge in [0.05, 0.1) is 0 Å². The first kappa shape index (κ1) is 55.4. The Morgan fingerprint density at radius 1 is 0.537 bits per heavy atom. The molecule has 2 N–H and O–H groups in total.